The molecule has 2 saturated heterocycles. The number of rotatable bonds is 5. The molecule has 5 rings (SSSR count). The Bertz CT molecular complexity index is 1230. The molecule has 2 aliphatic rings. The van der Waals surface area contributed by atoms with Crippen LogP contribution in [0.2, 0.25) is 0 Å². The van der Waals surface area contributed by atoms with Gasteiger partial charge >= 0.3 is 0 Å². The van der Waals surface area contributed by atoms with Crippen molar-refractivity contribution < 1.29 is 9.59 Å². The Morgan fingerprint density at radius 1 is 1.16 bits per heavy atom. The van der Waals surface area contributed by atoms with Gasteiger partial charge < -0.3 is 9.47 Å². The molecular formula is C24H22N4O2S2. The van der Waals surface area contributed by atoms with E-state index in [9.17, 15) is 9.59 Å². The highest BCUT2D eigenvalue weighted by Gasteiger charge is 2.32. The number of carbonyl (C=O) groups excluding carboxylic acids is 2. The lowest BCUT2D eigenvalue weighted by molar-refractivity contribution is -0.130. The van der Waals surface area contributed by atoms with E-state index in [4.69, 9.17) is 12.2 Å². The van der Waals surface area contributed by atoms with Gasteiger partial charge in [-0.1, -0.05) is 48.2 Å². The molecule has 2 fully saturated rings. The van der Waals surface area contributed by atoms with Gasteiger partial charge in [0.05, 0.1) is 11.4 Å². The predicted octanol–water partition coefficient (Wildman–Crippen LogP) is 4.06. The molecule has 1 aromatic carbocycles. The summed E-state index contributed by atoms with van der Waals surface area (Å²) < 4.78 is 2.52. The fourth-order valence-corrected chi connectivity index (χ4v) is 5.43. The zero-order chi connectivity index (χ0) is 22.1. The van der Waals surface area contributed by atoms with Gasteiger partial charge in [-0.2, -0.15) is 0 Å². The molecule has 6 nitrogen and oxygen atoms in total. The number of thiocarbonyl (C=S) groups is 1. The number of thioether (sulfide) groups is 1. The van der Waals surface area contributed by atoms with Crippen LogP contribution in [-0.4, -0.2) is 48.6 Å². The normalized spacial score (nSPS) is 17.8. The molecule has 2 aromatic heterocycles. The third-order valence-corrected chi connectivity index (χ3v) is 7.19. The molecule has 0 unspecified atom stereocenters. The molecule has 162 valence electrons. The Morgan fingerprint density at radius 2 is 1.97 bits per heavy atom. The first-order valence-corrected chi connectivity index (χ1v) is 11.8. The van der Waals surface area contributed by atoms with Gasteiger partial charge in [-0.3, -0.25) is 19.5 Å². The summed E-state index contributed by atoms with van der Waals surface area (Å²) in [4.78, 5) is 34.1. The Morgan fingerprint density at radius 3 is 2.75 bits per heavy atom. The number of fused-ring (bicyclic) bond motifs is 1. The second-order valence-electron chi connectivity index (χ2n) is 7.95. The van der Waals surface area contributed by atoms with E-state index in [0.29, 0.717) is 22.3 Å². The second kappa shape index (κ2) is 8.88. The summed E-state index contributed by atoms with van der Waals surface area (Å²) in [5.74, 6) is 0.0337. The van der Waals surface area contributed by atoms with E-state index >= 15 is 0 Å². The molecule has 32 heavy (non-hydrogen) atoms. The lowest BCUT2D eigenvalue weighted by Crippen LogP contribution is -2.30. The summed E-state index contributed by atoms with van der Waals surface area (Å²) in [7, 11) is 0. The fraction of sp³-hybridized carbons (Fsp3) is 0.250. The highest BCUT2D eigenvalue weighted by molar-refractivity contribution is 8.26. The average molecular weight is 463 g/mol. The summed E-state index contributed by atoms with van der Waals surface area (Å²) in [5, 5.41) is 1.01. The van der Waals surface area contributed by atoms with Crippen LogP contribution in [0.3, 0.4) is 0 Å². The maximum Gasteiger partial charge on any atom is 0.266 e. The summed E-state index contributed by atoms with van der Waals surface area (Å²) >= 11 is 6.79. The number of aromatic nitrogens is 2. The SMILES string of the molecule is O=C(Cn1cc(/C=C2\SC(=S)N(Cc3cccnc3)C2=O)c2ccccc21)N1CCCC1. The lowest BCUT2D eigenvalue weighted by Gasteiger charge is -2.15. The van der Waals surface area contributed by atoms with E-state index in [2.05, 4.69) is 4.98 Å². The molecule has 0 spiro atoms. The highest BCUT2D eigenvalue weighted by Crippen LogP contribution is 2.35. The van der Waals surface area contributed by atoms with Gasteiger partial charge in [0, 0.05) is 48.1 Å². The number of pyridine rings is 1. The average Bonchev–Trinajstić information content (AvgIpc) is 3.52. The van der Waals surface area contributed by atoms with Crippen molar-refractivity contribution in [3.63, 3.8) is 0 Å². The maximum absolute atomic E-state index is 13.1. The van der Waals surface area contributed by atoms with E-state index in [1.54, 1.807) is 17.3 Å². The van der Waals surface area contributed by atoms with Crippen molar-refractivity contribution in [2.24, 2.45) is 0 Å². The molecule has 0 N–H and O–H groups in total. The van der Waals surface area contributed by atoms with E-state index < -0.39 is 0 Å². The van der Waals surface area contributed by atoms with Crippen LogP contribution in [0, 0.1) is 0 Å². The van der Waals surface area contributed by atoms with Crippen LogP contribution in [0.25, 0.3) is 17.0 Å². The summed E-state index contributed by atoms with van der Waals surface area (Å²) in [6.45, 7) is 2.38. The highest BCUT2D eigenvalue weighted by atomic mass is 32.2. The standard InChI is InChI=1S/C24H22N4O2S2/c29-22(26-10-3-4-11-26)16-27-15-18(19-7-1-2-8-20(19)27)12-21-23(30)28(24(31)32-21)14-17-6-5-9-25-13-17/h1-2,5-9,12-13,15H,3-4,10-11,14,16H2/b21-12-. The molecule has 2 amide bonds. The van der Waals surface area contributed by atoms with Crippen molar-refractivity contribution in [1.82, 2.24) is 19.4 Å². The monoisotopic (exact) mass is 462 g/mol. The van der Waals surface area contributed by atoms with Crippen LogP contribution < -0.4 is 0 Å². The van der Waals surface area contributed by atoms with Crippen LogP contribution in [0.4, 0.5) is 0 Å². The summed E-state index contributed by atoms with van der Waals surface area (Å²) in [6, 6.07) is 11.8. The molecule has 8 heteroatoms. The van der Waals surface area contributed by atoms with Gasteiger partial charge in [0.25, 0.3) is 5.91 Å². The first kappa shape index (κ1) is 20.9. The minimum Gasteiger partial charge on any atom is -0.341 e. The molecule has 0 radical (unpaired) electrons. The zero-order valence-electron chi connectivity index (χ0n) is 17.4. The number of nitrogens with zero attached hydrogens (tertiary/aromatic N) is 4. The molecule has 3 aromatic rings. The van der Waals surface area contributed by atoms with Crippen molar-refractivity contribution in [2.45, 2.75) is 25.9 Å². The van der Waals surface area contributed by atoms with Gasteiger partial charge in [0.15, 0.2) is 0 Å². The Labute approximate surface area is 195 Å². The van der Waals surface area contributed by atoms with Crippen molar-refractivity contribution in [2.75, 3.05) is 13.1 Å². The predicted molar refractivity (Wildman–Crippen MR) is 131 cm³/mol. The number of hydrogen-bond acceptors (Lipinski definition) is 5. The largest absolute Gasteiger partial charge is 0.341 e. The third kappa shape index (κ3) is 4.08. The number of likely N-dealkylation sites (tertiary alicyclic amines) is 1. The van der Waals surface area contributed by atoms with Gasteiger partial charge in [0.1, 0.15) is 10.9 Å². The Balaban J connectivity index is 1.42. The van der Waals surface area contributed by atoms with E-state index in [0.717, 1.165) is 48.0 Å². The van der Waals surface area contributed by atoms with Crippen LogP contribution in [-0.2, 0) is 22.7 Å². The first-order chi connectivity index (χ1) is 15.6. The second-order valence-corrected chi connectivity index (χ2v) is 9.62. The molecule has 0 aliphatic carbocycles. The van der Waals surface area contributed by atoms with Crippen molar-refractivity contribution in [1.29, 1.82) is 0 Å². The van der Waals surface area contributed by atoms with Gasteiger partial charge in [-0.25, -0.2) is 0 Å². The van der Waals surface area contributed by atoms with Crippen LogP contribution in [0.5, 0.6) is 0 Å². The van der Waals surface area contributed by atoms with Gasteiger partial charge in [-0.15, -0.1) is 0 Å². The number of carbonyl (C=O) groups is 2. The van der Waals surface area contributed by atoms with E-state index in [1.165, 1.54) is 11.8 Å². The first-order valence-electron chi connectivity index (χ1n) is 10.6. The molecule has 0 bridgehead atoms. The van der Waals surface area contributed by atoms with Gasteiger partial charge in [0.2, 0.25) is 5.91 Å². The van der Waals surface area contributed by atoms with Crippen LogP contribution in [0.15, 0.2) is 59.9 Å². The van der Waals surface area contributed by atoms with Crippen molar-refractivity contribution in [3.05, 3.63) is 71.0 Å². The van der Waals surface area contributed by atoms with Crippen molar-refractivity contribution >= 4 is 57.1 Å². The number of para-hydroxylation sites is 1. The number of amides is 2. The number of benzene rings is 1. The van der Waals surface area contributed by atoms with Crippen molar-refractivity contribution in [3.8, 4) is 0 Å². The van der Waals surface area contributed by atoms with Crippen LogP contribution >= 0.6 is 24.0 Å². The maximum atomic E-state index is 13.1. The summed E-state index contributed by atoms with van der Waals surface area (Å²) in [5.41, 5.74) is 2.83. The molecule has 4 heterocycles. The topological polar surface area (TPSA) is 58.4 Å². The lowest BCUT2D eigenvalue weighted by atomic mass is 10.1. The molecule has 0 saturated carbocycles. The Kier molecular flexibility index (Phi) is 5.80. The smallest absolute Gasteiger partial charge is 0.266 e. The summed E-state index contributed by atoms with van der Waals surface area (Å²) in [6.07, 6.45) is 9.45. The molecule has 0 atom stereocenters. The Hall–Kier alpha value is -2.97. The minimum atomic E-state index is -0.103. The molecule has 2 aliphatic heterocycles. The zero-order valence-corrected chi connectivity index (χ0v) is 19.1. The minimum absolute atomic E-state index is 0.103. The third-order valence-electron chi connectivity index (χ3n) is 5.81. The fourth-order valence-electron chi connectivity index (χ4n) is 4.19. The number of hydrogen-bond donors (Lipinski definition) is 0. The van der Waals surface area contributed by atoms with E-state index in [-0.39, 0.29) is 11.8 Å². The van der Waals surface area contributed by atoms with E-state index in [1.807, 2.05) is 58.1 Å². The van der Waals surface area contributed by atoms with Gasteiger partial charge in [-0.05, 0) is 36.6 Å². The quantitative estimate of drug-likeness (QED) is 0.423. The van der Waals surface area contributed by atoms with Crippen LogP contribution in [0.1, 0.15) is 24.0 Å². The molecular weight excluding hydrogens is 440 g/mol.